The van der Waals surface area contributed by atoms with E-state index in [-0.39, 0.29) is 20.8 Å². The Hall–Kier alpha value is -1.36. The third kappa shape index (κ3) is 3.01. The molecule has 0 spiro atoms. The van der Waals surface area contributed by atoms with Crippen molar-refractivity contribution < 1.29 is 17.2 Å². The number of rotatable bonds is 4. The van der Waals surface area contributed by atoms with Crippen LogP contribution in [-0.4, -0.2) is 28.0 Å². The highest BCUT2D eigenvalue weighted by Crippen LogP contribution is 2.46. The van der Waals surface area contributed by atoms with Crippen LogP contribution in [0.3, 0.4) is 0 Å². The summed E-state index contributed by atoms with van der Waals surface area (Å²) in [5, 5.41) is 7.22. The van der Waals surface area contributed by atoms with Gasteiger partial charge in [-0.1, -0.05) is 22.9 Å². The second-order valence-electron chi connectivity index (χ2n) is 5.52. The molecule has 0 amide bonds. The lowest BCUT2D eigenvalue weighted by molar-refractivity contribution is 0.150. The topological polar surface area (TPSA) is 77.2 Å². The van der Waals surface area contributed by atoms with Gasteiger partial charge < -0.3 is 0 Å². The Morgan fingerprint density at radius 2 is 2.04 bits per heavy atom. The molecule has 6 nitrogen and oxygen atoms in total. The fourth-order valence-electron chi connectivity index (χ4n) is 2.50. The summed E-state index contributed by atoms with van der Waals surface area (Å²) in [6.45, 7) is 0. The monoisotopic (exact) mass is 424 g/mol. The molecule has 0 bridgehead atoms. The van der Waals surface area contributed by atoms with Crippen molar-refractivity contribution in [2.24, 2.45) is 0 Å². The average molecular weight is 425 g/mol. The summed E-state index contributed by atoms with van der Waals surface area (Å²) >= 11 is 6.90. The van der Waals surface area contributed by atoms with Gasteiger partial charge in [0.05, 0.1) is 10.7 Å². The molecular formula is C13H8Cl2F2N4O2S2. The van der Waals surface area contributed by atoms with Crippen molar-refractivity contribution in [1.82, 2.24) is 19.6 Å². The smallest absolute Gasteiger partial charge is 0.291 e. The van der Waals surface area contributed by atoms with Crippen molar-refractivity contribution >= 4 is 48.3 Å². The van der Waals surface area contributed by atoms with Crippen LogP contribution in [0.4, 0.5) is 8.78 Å². The summed E-state index contributed by atoms with van der Waals surface area (Å²) in [4.78, 5) is 4.26. The van der Waals surface area contributed by atoms with E-state index in [4.69, 9.17) is 22.3 Å². The zero-order chi connectivity index (χ0) is 17.9. The molecule has 0 N–H and O–H groups in total. The molecule has 4 rings (SSSR count). The van der Waals surface area contributed by atoms with Gasteiger partial charge in [0.2, 0.25) is 0 Å². The van der Waals surface area contributed by atoms with Gasteiger partial charge in [-0.15, -0.1) is 10.2 Å². The number of alkyl halides is 2. The lowest BCUT2D eigenvalue weighted by Crippen LogP contribution is -1.97. The first-order chi connectivity index (χ1) is 11.8. The van der Waals surface area contributed by atoms with Crippen LogP contribution in [0.25, 0.3) is 16.3 Å². The van der Waals surface area contributed by atoms with Crippen LogP contribution >= 0.6 is 33.6 Å². The van der Waals surface area contributed by atoms with Crippen molar-refractivity contribution in [2.45, 2.75) is 30.1 Å². The predicted octanol–water partition coefficient (Wildman–Crippen LogP) is 4.25. The summed E-state index contributed by atoms with van der Waals surface area (Å²) in [6.07, 6.45) is 0.323. The average Bonchev–Trinajstić information content (AvgIpc) is 3.11. The molecule has 0 unspecified atom stereocenters. The van der Waals surface area contributed by atoms with Gasteiger partial charge in [0.1, 0.15) is 10.6 Å². The maximum absolute atomic E-state index is 12.9. The van der Waals surface area contributed by atoms with Gasteiger partial charge in [0.25, 0.3) is 15.5 Å². The zero-order valence-corrected chi connectivity index (χ0v) is 15.3. The maximum atomic E-state index is 12.9. The van der Waals surface area contributed by atoms with Crippen LogP contribution in [0.2, 0.25) is 5.02 Å². The minimum absolute atomic E-state index is 0.0912. The van der Waals surface area contributed by atoms with Gasteiger partial charge in [0.15, 0.2) is 15.7 Å². The minimum atomic E-state index is -4.03. The largest absolute Gasteiger partial charge is 0.295 e. The lowest BCUT2D eigenvalue weighted by Gasteiger charge is -2.04. The van der Waals surface area contributed by atoms with Gasteiger partial charge >= 0.3 is 0 Å². The second kappa shape index (κ2) is 5.83. The van der Waals surface area contributed by atoms with Gasteiger partial charge in [-0.05, 0) is 18.9 Å². The summed E-state index contributed by atoms with van der Waals surface area (Å²) in [5.74, 6) is 0.154. The summed E-state index contributed by atoms with van der Waals surface area (Å²) in [5.41, 5.74) is 1.38. The van der Waals surface area contributed by atoms with E-state index in [0.29, 0.717) is 17.0 Å². The van der Waals surface area contributed by atoms with Gasteiger partial charge in [-0.2, -0.15) is 0 Å². The van der Waals surface area contributed by atoms with E-state index in [2.05, 4.69) is 15.2 Å². The van der Waals surface area contributed by atoms with E-state index in [1.807, 2.05) is 0 Å². The van der Waals surface area contributed by atoms with Crippen LogP contribution < -0.4 is 0 Å². The van der Waals surface area contributed by atoms with Crippen molar-refractivity contribution in [1.29, 1.82) is 0 Å². The summed E-state index contributed by atoms with van der Waals surface area (Å²) in [6, 6.07) is 1.21. The Kier molecular flexibility index (Phi) is 3.98. The van der Waals surface area contributed by atoms with Gasteiger partial charge in [-0.25, -0.2) is 22.2 Å². The Balaban J connectivity index is 2.02. The molecule has 25 heavy (non-hydrogen) atoms. The lowest BCUT2D eigenvalue weighted by atomic mass is 10.2. The highest BCUT2D eigenvalue weighted by atomic mass is 35.7. The van der Waals surface area contributed by atoms with E-state index in [0.717, 1.165) is 24.2 Å². The molecule has 0 radical (unpaired) electrons. The number of fused-ring (bicyclic) bond motifs is 1. The molecule has 0 aliphatic heterocycles. The standard InChI is InChI=1S/C13H8Cl2F2N4O2S2/c14-7-3-6(25(15,22)23)4-21-9(8(5-1-2-5)18-11(7)21)12-19-20-13(24-12)10(16)17/h3-5,10H,1-2H2. The fourth-order valence-corrected chi connectivity index (χ4v) is 4.31. The zero-order valence-electron chi connectivity index (χ0n) is 12.2. The number of aromatic nitrogens is 4. The first kappa shape index (κ1) is 17.1. The molecule has 0 saturated heterocycles. The third-order valence-corrected chi connectivity index (χ3v) is 6.29. The maximum Gasteiger partial charge on any atom is 0.291 e. The number of imidazole rings is 1. The molecule has 3 heterocycles. The molecule has 0 atom stereocenters. The minimum Gasteiger partial charge on any atom is -0.295 e. The van der Waals surface area contributed by atoms with Crippen LogP contribution in [0.15, 0.2) is 17.2 Å². The van der Waals surface area contributed by atoms with Crippen LogP contribution in [-0.2, 0) is 9.05 Å². The van der Waals surface area contributed by atoms with E-state index in [1.165, 1.54) is 16.7 Å². The number of nitrogens with zero attached hydrogens (tertiary/aromatic N) is 4. The van der Waals surface area contributed by atoms with Crippen molar-refractivity contribution in [3.05, 3.63) is 28.0 Å². The highest BCUT2D eigenvalue weighted by Gasteiger charge is 2.33. The Morgan fingerprint density at radius 3 is 2.60 bits per heavy atom. The van der Waals surface area contributed by atoms with Crippen LogP contribution in [0.5, 0.6) is 0 Å². The number of hydrogen-bond acceptors (Lipinski definition) is 6. The van der Waals surface area contributed by atoms with E-state index in [1.54, 1.807) is 0 Å². The molecule has 3 aromatic heterocycles. The molecular weight excluding hydrogens is 417 g/mol. The quantitative estimate of drug-likeness (QED) is 0.585. The number of hydrogen-bond donors (Lipinski definition) is 0. The number of pyridine rings is 1. The number of halogens is 4. The molecule has 1 aliphatic carbocycles. The Bertz CT molecular complexity index is 1090. The van der Waals surface area contributed by atoms with E-state index >= 15 is 0 Å². The van der Waals surface area contributed by atoms with Crippen LogP contribution in [0, 0.1) is 0 Å². The molecule has 1 fully saturated rings. The molecule has 1 saturated carbocycles. The molecule has 1 aliphatic rings. The Labute approximate surface area is 153 Å². The Morgan fingerprint density at radius 1 is 1.32 bits per heavy atom. The predicted molar refractivity (Wildman–Crippen MR) is 89.1 cm³/mol. The first-order valence-electron chi connectivity index (χ1n) is 7.04. The molecule has 12 heteroatoms. The van der Waals surface area contributed by atoms with Gasteiger partial charge in [-0.3, -0.25) is 4.40 Å². The molecule has 132 valence electrons. The summed E-state index contributed by atoms with van der Waals surface area (Å²) in [7, 11) is 1.38. The third-order valence-electron chi connectivity index (χ3n) is 3.75. The highest BCUT2D eigenvalue weighted by molar-refractivity contribution is 8.13. The SMILES string of the molecule is O=S(=O)(Cl)c1cc(Cl)c2nc(C3CC3)c(-c3nnc(C(F)F)s3)n2c1. The summed E-state index contributed by atoms with van der Waals surface area (Å²) < 4.78 is 50.5. The van der Waals surface area contributed by atoms with E-state index in [9.17, 15) is 17.2 Å². The fraction of sp³-hybridized carbons (Fsp3) is 0.308. The van der Waals surface area contributed by atoms with E-state index < -0.39 is 20.5 Å². The van der Waals surface area contributed by atoms with Crippen molar-refractivity contribution in [3.63, 3.8) is 0 Å². The van der Waals surface area contributed by atoms with Crippen molar-refractivity contribution in [2.75, 3.05) is 0 Å². The van der Waals surface area contributed by atoms with Crippen molar-refractivity contribution in [3.8, 4) is 10.7 Å². The second-order valence-corrected chi connectivity index (χ2v) is 9.50. The molecule has 0 aromatic carbocycles. The van der Waals surface area contributed by atoms with Gasteiger partial charge in [0, 0.05) is 22.8 Å². The normalized spacial score (nSPS) is 15.4. The van der Waals surface area contributed by atoms with Crippen LogP contribution in [0.1, 0.15) is 35.9 Å². The molecule has 3 aromatic rings. The first-order valence-corrected chi connectivity index (χ1v) is 10.5.